The van der Waals surface area contributed by atoms with E-state index in [9.17, 15) is 0 Å². The van der Waals surface area contributed by atoms with Crippen molar-refractivity contribution in [3.63, 3.8) is 0 Å². The number of aliphatic hydroxyl groups excluding tert-OH is 1. The maximum Gasteiger partial charge on any atom is 0.134 e. The van der Waals surface area contributed by atoms with Crippen LogP contribution in [0.15, 0.2) is 6.33 Å². The summed E-state index contributed by atoms with van der Waals surface area (Å²) in [6, 6.07) is 0. The molecule has 20 heavy (non-hydrogen) atoms. The van der Waals surface area contributed by atoms with Gasteiger partial charge in [-0.1, -0.05) is 27.2 Å². The number of aromatic nitrogens is 2. The van der Waals surface area contributed by atoms with Crippen molar-refractivity contribution < 1.29 is 5.11 Å². The maximum atomic E-state index is 9.06. The molecule has 1 heterocycles. The molecule has 0 saturated carbocycles. The van der Waals surface area contributed by atoms with Crippen LogP contribution in [0.5, 0.6) is 0 Å². The van der Waals surface area contributed by atoms with Gasteiger partial charge in [0.15, 0.2) is 0 Å². The number of anilines is 2. The molecule has 0 fully saturated rings. The summed E-state index contributed by atoms with van der Waals surface area (Å²) in [5, 5.41) is 15.8. The van der Waals surface area contributed by atoms with Gasteiger partial charge in [0.2, 0.25) is 0 Å². The highest BCUT2D eigenvalue weighted by Gasteiger charge is 2.15. The Balaban J connectivity index is 2.85. The molecule has 0 aliphatic carbocycles. The van der Waals surface area contributed by atoms with E-state index < -0.39 is 0 Å². The first kappa shape index (κ1) is 16.7. The molecule has 0 saturated heterocycles. The van der Waals surface area contributed by atoms with Gasteiger partial charge in [-0.3, -0.25) is 0 Å². The van der Waals surface area contributed by atoms with Gasteiger partial charge in [0.25, 0.3) is 0 Å². The molecule has 3 N–H and O–H groups in total. The second kappa shape index (κ2) is 8.74. The Hall–Kier alpha value is -1.36. The molecule has 1 aromatic heterocycles. The van der Waals surface area contributed by atoms with Crippen molar-refractivity contribution in [3.05, 3.63) is 11.9 Å². The quantitative estimate of drug-likeness (QED) is 0.649. The fraction of sp³-hybridized carbons (Fsp3) is 0.733. The van der Waals surface area contributed by atoms with Crippen LogP contribution in [0.4, 0.5) is 11.6 Å². The van der Waals surface area contributed by atoms with Crippen molar-refractivity contribution >= 4 is 11.6 Å². The molecule has 0 aliphatic heterocycles. The van der Waals surface area contributed by atoms with Crippen LogP contribution in [0, 0.1) is 5.92 Å². The zero-order valence-corrected chi connectivity index (χ0v) is 13.1. The normalized spacial score (nSPS) is 12.5. The maximum absolute atomic E-state index is 9.06. The molecule has 0 spiro atoms. The smallest absolute Gasteiger partial charge is 0.134 e. The highest BCUT2D eigenvalue weighted by atomic mass is 16.3. The Morgan fingerprint density at radius 2 is 1.80 bits per heavy atom. The zero-order valence-electron chi connectivity index (χ0n) is 13.1. The monoisotopic (exact) mass is 280 g/mol. The SMILES string of the molecule is CCNc1ncnc(NCC(CC)CCO)c1C(C)C. The summed E-state index contributed by atoms with van der Waals surface area (Å²) in [4.78, 5) is 8.72. The summed E-state index contributed by atoms with van der Waals surface area (Å²) in [5.74, 6) is 2.64. The standard InChI is InChI=1S/C15H28N4O/c1-5-12(7-8-20)9-17-15-13(11(3)4)14(16-6-2)18-10-19-15/h10-12,20H,5-9H2,1-4H3,(H2,16,17,18,19). The van der Waals surface area contributed by atoms with Crippen LogP contribution >= 0.6 is 0 Å². The van der Waals surface area contributed by atoms with E-state index in [2.05, 4.69) is 48.3 Å². The average Bonchev–Trinajstić information content (AvgIpc) is 2.43. The van der Waals surface area contributed by atoms with E-state index in [1.807, 2.05) is 0 Å². The lowest BCUT2D eigenvalue weighted by molar-refractivity contribution is 0.258. The Morgan fingerprint density at radius 1 is 1.15 bits per heavy atom. The summed E-state index contributed by atoms with van der Waals surface area (Å²) >= 11 is 0. The highest BCUT2D eigenvalue weighted by molar-refractivity contribution is 5.58. The largest absolute Gasteiger partial charge is 0.396 e. The predicted molar refractivity (Wildman–Crippen MR) is 84.3 cm³/mol. The lowest BCUT2D eigenvalue weighted by atomic mass is 10.0. The van der Waals surface area contributed by atoms with E-state index in [0.29, 0.717) is 11.8 Å². The van der Waals surface area contributed by atoms with Crippen LogP contribution in [0.1, 0.15) is 52.0 Å². The number of hydrogen-bond acceptors (Lipinski definition) is 5. The fourth-order valence-corrected chi connectivity index (χ4v) is 2.27. The minimum atomic E-state index is 0.240. The molecule has 0 amide bonds. The van der Waals surface area contributed by atoms with E-state index >= 15 is 0 Å². The molecule has 0 radical (unpaired) electrons. The number of aliphatic hydroxyl groups is 1. The lowest BCUT2D eigenvalue weighted by Gasteiger charge is -2.20. The molecule has 0 aromatic carbocycles. The number of hydrogen-bond donors (Lipinski definition) is 3. The van der Waals surface area contributed by atoms with Gasteiger partial charge in [-0.2, -0.15) is 0 Å². The third-order valence-electron chi connectivity index (χ3n) is 3.48. The van der Waals surface area contributed by atoms with Crippen LogP contribution in [0.3, 0.4) is 0 Å². The Bertz CT molecular complexity index is 395. The molecule has 1 unspecified atom stereocenters. The molecule has 1 aromatic rings. The number of rotatable bonds is 9. The molecular formula is C15H28N4O. The van der Waals surface area contributed by atoms with E-state index in [1.165, 1.54) is 0 Å². The number of nitrogens with zero attached hydrogens (tertiary/aromatic N) is 2. The van der Waals surface area contributed by atoms with Gasteiger partial charge in [0.1, 0.15) is 18.0 Å². The Kier molecular flexibility index (Phi) is 7.30. The molecule has 0 bridgehead atoms. The van der Waals surface area contributed by atoms with E-state index in [1.54, 1.807) is 6.33 Å². The molecule has 5 nitrogen and oxygen atoms in total. The van der Waals surface area contributed by atoms with Gasteiger partial charge in [-0.25, -0.2) is 9.97 Å². The van der Waals surface area contributed by atoms with E-state index in [0.717, 1.165) is 43.1 Å². The number of nitrogens with one attached hydrogen (secondary N) is 2. The third kappa shape index (κ3) is 4.63. The van der Waals surface area contributed by atoms with Gasteiger partial charge in [0.05, 0.1) is 0 Å². The Labute approximate surface area is 122 Å². The van der Waals surface area contributed by atoms with Crippen molar-refractivity contribution in [2.24, 2.45) is 5.92 Å². The Morgan fingerprint density at radius 3 is 2.30 bits per heavy atom. The van der Waals surface area contributed by atoms with Crippen molar-refractivity contribution in [1.29, 1.82) is 0 Å². The summed E-state index contributed by atoms with van der Waals surface area (Å²) in [6.07, 6.45) is 3.47. The minimum absolute atomic E-state index is 0.240. The first-order valence-electron chi connectivity index (χ1n) is 7.57. The second-order valence-corrected chi connectivity index (χ2v) is 5.34. The van der Waals surface area contributed by atoms with Crippen molar-refractivity contribution in [2.45, 2.75) is 46.5 Å². The highest BCUT2D eigenvalue weighted by Crippen LogP contribution is 2.28. The molecule has 1 rings (SSSR count). The summed E-state index contributed by atoms with van der Waals surface area (Å²) in [6.45, 7) is 10.4. The summed E-state index contributed by atoms with van der Waals surface area (Å²) < 4.78 is 0. The fourth-order valence-electron chi connectivity index (χ4n) is 2.27. The minimum Gasteiger partial charge on any atom is -0.396 e. The van der Waals surface area contributed by atoms with Crippen LogP contribution in [-0.2, 0) is 0 Å². The third-order valence-corrected chi connectivity index (χ3v) is 3.48. The summed E-state index contributed by atoms with van der Waals surface area (Å²) in [5.41, 5.74) is 1.13. The lowest BCUT2D eigenvalue weighted by Crippen LogP contribution is -2.18. The van der Waals surface area contributed by atoms with Gasteiger partial charge in [-0.15, -0.1) is 0 Å². The van der Waals surface area contributed by atoms with Crippen molar-refractivity contribution in [1.82, 2.24) is 9.97 Å². The second-order valence-electron chi connectivity index (χ2n) is 5.34. The van der Waals surface area contributed by atoms with Crippen molar-refractivity contribution in [2.75, 3.05) is 30.3 Å². The van der Waals surface area contributed by atoms with Gasteiger partial charge in [0, 0.05) is 25.3 Å². The van der Waals surface area contributed by atoms with Crippen LogP contribution in [0.25, 0.3) is 0 Å². The molecule has 0 aliphatic rings. The van der Waals surface area contributed by atoms with E-state index in [4.69, 9.17) is 5.11 Å². The first-order chi connectivity index (χ1) is 9.63. The van der Waals surface area contributed by atoms with Gasteiger partial charge in [-0.05, 0) is 25.2 Å². The van der Waals surface area contributed by atoms with Crippen molar-refractivity contribution in [3.8, 4) is 0 Å². The van der Waals surface area contributed by atoms with Gasteiger partial charge >= 0.3 is 0 Å². The topological polar surface area (TPSA) is 70.1 Å². The summed E-state index contributed by atoms with van der Waals surface area (Å²) in [7, 11) is 0. The van der Waals surface area contributed by atoms with E-state index in [-0.39, 0.29) is 6.61 Å². The molecule has 1 atom stereocenters. The zero-order chi connectivity index (χ0) is 15.0. The van der Waals surface area contributed by atoms with Crippen LogP contribution in [-0.4, -0.2) is 34.8 Å². The predicted octanol–water partition coefficient (Wildman–Crippen LogP) is 2.85. The van der Waals surface area contributed by atoms with Gasteiger partial charge < -0.3 is 15.7 Å². The molecular weight excluding hydrogens is 252 g/mol. The van der Waals surface area contributed by atoms with Crippen LogP contribution in [0.2, 0.25) is 0 Å². The van der Waals surface area contributed by atoms with Crippen LogP contribution < -0.4 is 10.6 Å². The first-order valence-corrected chi connectivity index (χ1v) is 7.57. The molecule has 114 valence electrons. The average molecular weight is 280 g/mol. The molecule has 5 heteroatoms.